The Bertz CT molecular complexity index is 370. The van der Waals surface area contributed by atoms with E-state index in [1.165, 1.54) is 0 Å². The minimum absolute atomic E-state index is 0.110. The van der Waals surface area contributed by atoms with Crippen molar-refractivity contribution in [3.63, 3.8) is 0 Å². The zero-order valence-electron chi connectivity index (χ0n) is 9.52. The third kappa shape index (κ3) is 2.03. The Labute approximate surface area is 95.4 Å². The van der Waals surface area contributed by atoms with Gasteiger partial charge in [-0.05, 0) is 25.3 Å². The fourth-order valence-corrected chi connectivity index (χ4v) is 2.46. The molecule has 0 aromatic carbocycles. The highest BCUT2D eigenvalue weighted by Crippen LogP contribution is 2.39. The molecule has 1 aliphatic carbocycles. The smallest absolute Gasteiger partial charge is 0.129 e. The summed E-state index contributed by atoms with van der Waals surface area (Å²) in [4.78, 5) is 4.03. The van der Waals surface area contributed by atoms with Gasteiger partial charge in [-0.15, -0.1) is 0 Å². The van der Waals surface area contributed by atoms with E-state index in [2.05, 4.69) is 4.98 Å². The maximum atomic E-state index is 10.6. The highest BCUT2D eigenvalue weighted by Gasteiger charge is 2.37. The van der Waals surface area contributed by atoms with Gasteiger partial charge in [-0.25, -0.2) is 4.98 Å². The van der Waals surface area contributed by atoms with Gasteiger partial charge in [0.1, 0.15) is 5.82 Å². The molecule has 3 N–H and O–H groups in total. The van der Waals surface area contributed by atoms with Crippen molar-refractivity contribution in [1.82, 2.24) is 4.98 Å². The van der Waals surface area contributed by atoms with Gasteiger partial charge in [0.2, 0.25) is 0 Å². The van der Waals surface area contributed by atoms with Crippen LogP contribution in [0.1, 0.15) is 31.2 Å². The molecule has 0 saturated heterocycles. The first-order chi connectivity index (χ1) is 7.65. The molecule has 2 rings (SSSR count). The lowest BCUT2D eigenvalue weighted by Gasteiger charge is -2.36. The van der Waals surface area contributed by atoms with Gasteiger partial charge in [0.15, 0.2) is 0 Å². The van der Waals surface area contributed by atoms with Crippen LogP contribution in [0.3, 0.4) is 0 Å². The fraction of sp³-hybridized carbons (Fsp3) is 0.583. The van der Waals surface area contributed by atoms with Crippen molar-refractivity contribution in [3.8, 4) is 0 Å². The summed E-state index contributed by atoms with van der Waals surface area (Å²) in [6, 6.07) is 3.65. The van der Waals surface area contributed by atoms with Gasteiger partial charge in [-0.2, -0.15) is 0 Å². The lowest BCUT2D eigenvalue weighted by atomic mass is 9.78. The van der Waals surface area contributed by atoms with Crippen LogP contribution in [0.2, 0.25) is 0 Å². The van der Waals surface area contributed by atoms with Crippen molar-refractivity contribution in [3.05, 3.63) is 23.9 Å². The van der Waals surface area contributed by atoms with E-state index in [9.17, 15) is 5.11 Å². The highest BCUT2D eigenvalue weighted by molar-refractivity contribution is 5.43. The van der Waals surface area contributed by atoms with Gasteiger partial charge in [-0.1, -0.05) is 6.07 Å². The summed E-state index contributed by atoms with van der Waals surface area (Å²) >= 11 is 0. The average molecular weight is 222 g/mol. The molecule has 1 aromatic rings. The van der Waals surface area contributed by atoms with Crippen molar-refractivity contribution < 1.29 is 9.84 Å². The van der Waals surface area contributed by atoms with E-state index in [-0.39, 0.29) is 6.10 Å². The first-order valence-electron chi connectivity index (χ1n) is 5.62. The molecule has 16 heavy (non-hydrogen) atoms. The number of rotatable bonds is 2. The van der Waals surface area contributed by atoms with E-state index in [1.54, 1.807) is 19.4 Å². The minimum Gasteiger partial charge on any atom is -0.385 e. The molecular formula is C12H18N2O2. The molecule has 0 spiro atoms. The second-order valence-corrected chi connectivity index (χ2v) is 4.42. The number of aliphatic hydroxyl groups is 1. The van der Waals surface area contributed by atoms with Crippen LogP contribution in [0.15, 0.2) is 18.3 Å². The fourth-order valence-electron chi connectivity index (χ4n) is 2.46. The predicted molar refractivity (Wildman–Crippen MR) is 61.8 cm³/mol. The number of hydrogen-bond acceptors (Lipinski definition) is 4. The maximum absolute atomic E-state index is 10.6. The van der Waals surface area contributed by atoms with Crippen molar-refractivity contribution in [1.29, 1.82) is 0 Å². The Kier molecular flexibility index (Phi) is 3.12. The van der Waals surface area contributed by atoms with Crippen LogP contribution >= 0.6 is 0 Å². The number of nitrogens with two attached hydrogens (primary N) is 1. The average Bonchev–Trinajstić information content (AvgIpc) is 2.29. The Morgan fingerprint density at radius 2 is 2.44 bits per heavy atom. The van der Waals surface area contributed by atoms with Crippen LogP contribution in [-0.4, -0.2) is 23.3 Å². The number of methoxy groups -OCH3 is 1. The van der Waals surface area contributed by atoms with Gasteiger partial charge < -0.3 is 15.6 Å². The quantitative estimate of drug-likeness (QED) is 0.794. The molecule has 88 valence electrons. The molecule has 1 aliphatic rings. The lowest BCUT2D eigenvalue weighted by Crippen LogP contribution is -2.36. The predicted octanol–water partition coefficient (Wildman–Crippen LogP) is 1.44. The van der Waals surface area contributed by atoms with Crippen molar-refractivity contribution in [2.75, 3.05) is 12.8 Å². The van der Waals surface area contributed by atoms with Crippen LogP contribution in [0.4, 0.5) is 5.82 Å². The second-order valence-electron chi connectivity index (χ2n) is 4.42. The normalized spacial score (nSPS) is 30.2. The lowest BCUT2D eigenvalue weighted by molar-refractivity contribution is -0.0628. The van der Waals surface area contributed by atoms with Crippen molar-refractivity contribution >= 4 is 5.82 Å². The topological polar surface area (TPSA) is 68.4 Å². The Morgan fingerprint density at radius 1 is 1.62 bits per heavy atom. The number of ether oxygens (including phenoxy) is 1. The van der Waals surface area contributed by atoms with E-state index in [0.717, 1.165) is 24.8 Å². The molecule has 1 saturated carbocycles. The minimum atomic E-state index is -0.878. The molecule has 0 amide bonds. The summed E-state index contributed by atoms with van der Waals surface area (Å²) in [5, 5.41) is 10.6. The molecule has 1 heterocycles. The van der Waals surface area contributed by atoms with Crippen molar-refractivity contribution in [2.24, 2.45) is 0 Å². The summed E-state index contributed by atoms with van der Waals surface area (Å²) in [5.74, 6) is 0.418. The summed E-state index contributed by atoms with van der Waals surface area (Å²) in [6.45, 7) is 0. The Balaban J connectivity index is 2.27. The second kappa shape index (κ2) is 4.39. The molecule has 0 aliphatic heterocycles. The third-order valence-electron chi connectivity index (χ3n) is 3.36. The monoisotopic (exact) mass is 222 g/mol. The molecule has 4 nitrogen and oxygen atoms in total. The summed E-state index contributed by atoms with van der Waals surface area (Å²) in [5.41, 5.74) is 5.67. The molecule has 2 unspecified atom stereocenters. The Morgan fingerprint density at radius 3 is 3.12 bits per heavy atom. The zero-order valence-corrected chi connectivity index (χ0v) is 9.52. The summed E-state index contributed by atoms with van der Waals surface area (Å²) in [6.07, 6.45) is 5.02. The maximum Gasteiger partial charge on any atom is 0.129 e. The van der Waals surface area contributed by atoms with Crippen LogP contribution in [0.5, 0.6) is 0 Å². The van der Waals surface area contributed by atoms with E-state index in [4.69, 9.17) is 10.5 Å². The van der Waals surface area contributed by atoms with Crippen LogP contribution < -0.4 is 5.73 Å². The number of pyridine rings is 1. The zero-order chi connectivity index (χ0) is 11.6. The first-order valence-corrected chi connectivity index (χ1v) is 5.62. The largest absolute Gasteiger partial charge is 0.385 e. The molecule has 1 fully saturated rings. The van der Waals surface area contributed by atoms with Crippen LogP contribution in [-0.2, 0) is 10.3 Å². The van der Waals surface area contributed by atoms with E-state index in [0.29, 0.717) is 12.2 Å². The van der Waals surface area contributed by atoms with Gasteiger partial charge >= 0.3 is 0 Å². The summed E-state index contributed by atoms with van der Waals surface area (Å²) < 4.78 is 5.33. The molecule has 1 aromatic heterocycles. The summed E-state index contributed by atoms with van der Waals surface area (Å²) in [7, 11) is 1.68. The van der Waals surface area contributed by atoms with Gasteiger partial charge in [0, 0.05) is 25.3 Å². The number of nitrogen functional groups attached to an aromatic ring is 1. The standard InChI is InChI=1S/C12H18N2O2/c1-16-9-4-2-6-12(15,8-9)10-5-3-7-14-11(10)13/h3,5,7,9,15H,2,4,6,8H2,1H3,(H2,13,14). The number of anilines is 1. The van der Waals surface area contributed by atoms with Gasteiger partial charge in [-0.3, -0.25) is 0 Å². The van der Waals surface area contributed by atoms with Crippen LogP contribution in [0.25, 0.3) is 0 Å². The number of nitrogens with zero attached hydrogens (tertiary/aromatic N) is 1. The first kappa shape index (κ1) is 11.4. The van der Waals surface area contributed by atoms with E-state index >= 15 is 0 Å². The van der Waals surface area contributed by atoms with Crippen molar-refractivity contribution in [2.45, 2.75) is 37.4 Å². The van der Waals surface area contributed by atoms with Gasteiger partial charge in [0.05, 0.1) is 11.7 Å². The van der Waals surface area contributed by atoms with Crippen LogP contribution in [0, 0.1) is 0 Å². The molecule has 0 bridgehead atoms. The van der Waals surface area contributed by atoms with Gasteiger partial charge in [0.25, 0.3) is 0 Å². The highest BCUT2D eigenvalue weighted by atomic mass is 16.5. The molecular weight excluding hydrogens is 204 g/mol. The Hall–Kier alpha value is -1.13. The number of aromatic nitrogens is 1. The molecule has 4 heteroatoms. The number of hydrogen-bond donors (Lipinski definition) is 2. The molecule has 0 radical (unpaired) electrons. The third-order valence-corrected chi connectivity index (χ3v) is 3.36. The molecule has 2 atom stereocenters. The SMILES string of the molecule is COC1CCCC(O)(c2cccnc2N)C1. The van der Waals surface area contributed by atoms with E-state index in [1.807, 2.05) is 6.07 Å². The van der Waals surface area contributed by atoms with E-state index < -0.39 is 5.60 Å².